The van der Waals surface area contributed by atoms with Crippen LogP contribution in [0.5, 0.6) is 0 Å². The number of benzene rings is 1. The zero-order chi connectivity index (χ0) is 28.4. The first-order valence-electron chi connectivity index (χ1n) is 15.9. The van der Waals surface area contributed by atoms with Crippen LogP contribution in [-0.4, -0.2) is 39.7 Å². The third-order valence-corrected chi connectivity index (χ3v) is 10.4. The number of nitrogens with zero attached hydrogens (tertiary/aromatic N) is 4. The van der Waals surface area contributed by atoms with E-state index in [0.717, 1.165) is 50.9 Å². The van der Waals surface area contributed by atoms with Gasteiger partial charge in [0.2, 0.25) is 0 Å². The van der Waals surface area contributed by atoms with Crippen LogP contribution >= 0.6 is 0 Å². The van der Waals surface area contributed by atoms with Gasteiger partial charge in [0.15, 0.2) is 0 Å². The number of nitriles is 1. The Hall–Kier alpha value is -2.52. The van der Waals surface area contributed by atoms with Gasteiger partial charge in [-0.2, -0.15) is 5.26 Å². The van der Waals surface area contributed by atoms with Crippen molar-refractivity contribution in [1.82, 2.24) is 14.9 Å². The zero-order valence-electron chi connectivity index (χ0n) is 25.1. The van der Waals surface area contributed by atoms with Gasteiger partial charge in [-0.1, -0.05) is 39.7 Å². The lowest BCUT2D eigenvalue weighted by Gasteiger charge is -2.30. The summed E-state index contributed by atoms with van der Waals surface area (Å²) in [6, 6.07) is 6.49. The van der Waals surface area contributed by atoms with Crippen molar-refractivity contribution < 1.29 is 4.39 Å². The largest absolute Gasteiger partial charge is 0.398 e. The molecule has 4 atom stereocenters. The van der Waals surface area contributed by atoms with Gasteiger partial charge in [0, 0.05) is 35.8 Å². The topological polar surface area (TPSA) is 78.8 Å². The van der Waals surface area contributed by atoms with Crippen LogP contribution in [0.2, 0.25) is 0 Å². The summed E-state index contributed by atoms with van der Waals surface area (Å²) in [5.74, 6) is 2.31. The lowest BCUT2D eigenvalue weighted by Crippen LogP contribution is -2.34. The molecule has 2 aliphatic carbocycles. The van der Waals surface area contributed by atoms with Crippen molar-refractivity contribution in [2.24, 2.45) is 0 Å². The standard InChI is InChI=1S/C26H34N4.C8H14FN/c1-4-16(3)19-12-13-22(28)21(15-27)25(19)18-10-11-20-23(14-18)29-24(5-2)30-26(20)17-8-6-7-9-17;1-8-3-2-4-10(8)6-7(9)5-8/h12-13,16-18H,4-11,14,28H2,1-3H3;7H,2-6H2,1H3. The lowest BCUT2D eigenvalue weighted by atomic mass is 9.75. The SMILES string of the molecule is CC12CCCN1CC(F)C2.CCc1nc2c(c(C3CCCC3)n1)CCC(c1c(C(C)CC)ccc(N)c1C#N)C2. The van der Waals surface area contributed by atoms with Crippen LogP contribution in [0.15, 0.2) is 12.1 Å². The summed E-state index contributed by atoms with van der Waals surface area (Å²) in [6.45, 7) is 10.6. The summed E-state index contributed by atoms with van der Waals surface area (Å²) in [5.41, 5.74) is 14.2. The van der Waals surface area contributed by atoms with Gasteiger partial charge < -0.3 is 5.73 Å². The molecule has 2 aromatic rings. The highest BCUT2D eigenvalue weighted by Gasteiger charge is 2.44. The van der Waals surface area contributed by atoms with Gasteiger partial charge in [0.05, 0.1) is 11.3 Å². The maximum absolute atomic E-state index is 12.8. The monoisotopic (exact) mass is 545 g/mol. The molecule has 216 valence electrons. The number of alkyl halides is 1. The Labute approximate surface area is 240 Å². The molecule has 2 saturated heterocycles. The van der Waals surface area contributed by atoms with E-state index in [0.29, 0.717) is 35.5 Å². The van der Waals surface area contributed by atoms with Gasteiger partial charge in [-0.3, -0.25) is 4.90 Å². The molecule has 6 heteroatoms. The van der Waals surface area contributed by atoms with Crippen molar-refractivity contribution in [2.45, 2.75) is 134 Å². The average molecular weight is 546 g/mol. The van der Waals surface area contributed by atoms with E-state index in [1.807, 2.05) is 6.07 Å². The first kappa shape index (κ1) is 29.0. The highest BCUT2D eigenvalue weighted by molar-refractivity contribution is 5.62. The Bertz CT molecular complexity index is 1250. The molecular formula is C34H48FN5. The Morgan fingerprint density at radius 3 is 2.60 bits per heavy atom. The summed E-state index contributed by atoms with van der Waals surface area (Å²) < 4.78 is 12.8. The molecule has 2 N–H and O–H groups in total. The highest BCUT2D eigenvalue weighted by atomic mass is 19.1. The van der Waals surface area contributed by atoms with Crippen LogP contribution in [0, 0.1) is 11.3 Å². The minimum Gasteiger partial charge on any atom is -0.398 e. The van der Waals surface area contributed by atoms with Gasteiger partial charge in [-0.25, -0.2) is 14.4 Å². The van der Waals surface area contributed by atoms with Crippen LogP contribution < -0.4 is 5.73 Å². The van der Waals surface area contributed by atoms with Crippen molar-refractivity contribution >= 4 is 5.69 Å². The number of aryl methyl sites for hydroxylation is 1. The third-order valence-electron chi connectivity index (χ3n) is 10.4. The van der Waals surface area contributed by atoms with Crippen LogP contribution in [0.4, 0.5) is 10.1 Å². The van der Waals surface area contributed by atoms with Crippen LogP contribution in [-0.2, 0) is 19.3 Å². The predicted octanol–water partition coefficient (Wildman–Crippen LogP) is 7.52. The minimum atomic E-state index is -0.551. The van der Waals surface area contributed by atoms with Crippen LogP contribution in [0.1, 0.15) is 143 Å². The summed E-state index contributed by atoms with van der Waals surface area (Å²) >= 11 is 0. The van der Waals surface area contributed by atoms with Gasteiger partial charge in [0.1, 0.15) is 18.1 Å². The molecular weight excluding hydrogens is 497 g/mol. The van der Waals surface area contributed by atoms with Gasteiger partial charge in [0.25, 0.3) is 0 Å². The molecule has 3 heterocycles. The zero-order valence-corrected chi connectivity index (χ0v) is 25.1. The van der Waals surface area contributed by atoms with E-state index in [-0.39, 0.29) is 5.54 Å². The normalized spacial score (nSPS) is 27.0. The fourth-order valence-electron chi connectivity index (χ4n) is 7.91. The summed E-state index contributed by atoms with van der Waals surface area (Å²) in [4.78, 5) is 12.3. The molecule has 4 unspecified atom stereocenters. The number of anilines is 1. The molecule has 0 radical (unpaired) electrons. The first-order chi connectivity index (χ1) is 19.3. The second-order valence-electron chi connectivity index (χ2n) is 13.0. The maximum atomic E-state index is 12.8. The smallest absolute Gasteiger partial charge is 0.128 e. The Balaban J connectivity index is 0.000000269. The van der Waals surface area contributed by atoms with Crippen molar-refractivity contribution in [3.8, 4) is 6.07 Å². The number of nitrogens with two attached hydrogens (primary N) is 1. The van der Waals surface area contributed by atoms with Crippen molar-refractivity contribution in [2.75, 3.05) is 18.8 Å². The van der Waals surface area contributed by atoms with E-state index >= 15 is 0 Å². The van der Waals surface area contributed by atoms with Gasteiger partial charge in [-0.15, -0.1) is 0 Å². The fourth-order valence-corrected chi connectivity index (χ4v) is 7.91. The van der Waals surface area contributed by atoms with Gasteiger partial charge >= 0.3 is 0 Å². The predicted molar refractivity (Wildman–Crippen MR) is 160 cm³/mol. The molecule has 5 nitrogen and oxygen atoms in total. The van der Waals surface area contributed by atoms with Gasteiger partial charge in [-0.05, 0) is 106 Å². The summed E-state index contributed by atoms with van der Waals surface area (Å²) in [6.07, 6.45) is 12.7. The molecule has 0 spiro atoms. The molecule has 2 aliphatic heterocycles. The number of aromatic nitrogens is 2. The second kappa shape index (κ2) is 12.1. The lowest BCUT2D eigenvalue weighted by molar-refractivity contribution is 0.217. The van der Waals surface area contributed by atoms with Crippen molar-refractivity contribution in [3.05, 3.63) is 51.6 Å². The second-order valence-corrected chi connectivity index (χ2v) is 13.0. The average Bonchev–Trinajstić information content (AvgIpc) is 3.67. The molecule has 6 rings (SSSR count). The Morgan fingerprint density at radius 2 is 1.93 bits per heavy atom. The van der Waals surface area contributed by atoms with Crippen molar-refractivity contribution in [1.29, 1.82) is 5.26 Å². The molecule has 1 aromatic heterocycles. The van der Waals surface area contributed by atoms with E-state index in [1.165, 1.54) is 66.6 Å². The summed E-state index contributed by atoms with van der Waals surface area (Å²) in [5, 5.41) is 9.92. The van der Waals surface area contributed by atoms with Crippen LogP contribution in [0.25, 0.3) is 0 Å². The minimum absolute atomic E-state index is 0.236. The number of fused-ring (bicyclic) bond motifs is 2. The number of nitrogen functional groups attached to an aromatic ring is 1. The Kier molecular flexibility index (Phi) is 8.80. The summed E-state index contributed by atoms with van der Waals surface area (Å²) in [7, 11) is 0. The molecule has 1 saturated carbocycles. The molecule has 0 amide bonds. The quantitative estimate of drug-likeness (QED) is 0.393. The van der Waals surface area contributed by atoms with Crippen LogP contribution in [0.3, 0.4) is 0 Å². The van der Waals surface area contributed by atoms with E-state index < -0.39 is 6.17 Å². The Morgan fingerprint density at radius 1 is 1.15 bits per heavy atom. The van der Waals surface area contributed by atoms with E-state index in [2.05, 4.69) is 44.7 Å². The third kappa shape index (κ3) is 5.64. The molecule has 3 fully saturated rings. The molecule has 0 bridgehead atoms. The van der Waals surface area contributed by atoms with E-state index in [9.17, 15) is 9.65 Å². The maximum Gasteiger partial charge on any atom is 0.128 e. The van der Waals surface area contributed by atoms with E-state index in [4.69, 9.17) is 15.7 Å². The van der Waals surface area contributed by atoms with Crippen molar-refractivity contribution in [3.63, 3.8) is 0 Å². The number of halogens is 1. The number of hydrogen-bond donors (Lipinski definition) is 1. The fraction of sp³-hybridized carbons (Fsp3) is 0.676. The number of hydrogen-bond acceptors (Lipinski definition) is 5. The molecule has 40 heavy (non-hydrogen) atoms. The molecule has 1 aromatic carbocycles. The first-order valence-corrected chi connectivity index (χ1v) is 15.9. The highest BCUT2D eigenvalue weighted by Crippen LogP contribution is 2.43. The van der Waals surface area contributed by atoms with E-state index in [1.54, 1.807) is 0 Å². The molecule has 4 aliphatic rings. The number of rotatable bonds is 5.